The fraction of sp³-hybridized carbons (Fsp3) is 0.542. The lowest BCUT2D eigenvalue weighted by molar-refractivity contribution is 0.262. The SMILES string of the molecule is C=C(NCc1ccc(-c2scnc2C)cc1)C1CC(C)CN1CCCCCC. The number of hydrogen-bond acceptors (Lipinski definition) is 4. The van der Waals surface area contributed by atoms with Crippen LogP contribution < -0.4 is 5.32 Å². The lowest BCUT2D eigenvalue weighted by Crippen LogP contribution is -2.36. The minimum Gasteiger partial charge on any atom is -0.383 e. The highest BCUT2D eigenvalue weighted by atomic mass is 32.1. The smallest absolute Gasteiger partial charge is 0.0801 e. The highest BCUT2D eigenvalue weighted by molar-refractivity contribution is 7.13. The number of aromatic nitrogens is 1. The van der Waals surface area contributed by atoms with Crippen LogP contribution in [0, 0.1) is 12.8 Å². The second kappa shape index (κ2) is 10.2. The van der Waals surface area contributed by atoms with Gasteiger partial charge >= 0.3 is 0 Å². The van der Waals surface area contributed by atoms with Gasteiger partial charge in [0.15, 0.2) is 0 Å². The molecule has 2 heterocycles. The van der Waals surface area contributed by atoms with E-state index in [0.717, 1.165) is 18.2 Å². The second-order valence-electron chi connectivity index (χ2n) is 8.25. The van der Waals surface area contributed by atoms with Gasteiger partial charge in [0.25, 0.3) is 0 Å². The first kappa shape index (κ1) is 21.1. The van der Waals surface area contributed by atoms with E-state index in [1.807, 2.05) is 5.51 Å². The van der Waals surface area contributed by atoms with Crippen molar-refractivity contribution in [1.82, 2.24) is 15.2 Å². The van der Waals surface area contributed by atoms with Crippen molar-refractivity contribution in [3.8, 4) is 10.4 Å². The van der Waals surface area contributed by atoms with Gasteiger partial charge in [-0.3, -0.25) is 4.90 Å². The molecule has 0 aliphatic carbocycles. The quantitative estimate of drug-likeness (QED) is 0.497. The van der Waals surface area contributed by atoms with Crippen molar-refractivity contribution in [2.24, 2.45) is 5.92 Å². The van der Waals surface area contributed by atoms with Gasteiger partial charge in [-0.05, 0) is 43.4 Å². The molecule has 1 saturated heterocycles. The maximum Gasteiger partial charge on any atom is 0.0801 e. The molecular weight excluding hydrogens is 362 g/mol. The topological polar surface area (TPSA) is 28.2 Å². The van der Waals surface area contributed by atoms with Crippen molar-refractivity contribution in [2.75, 3.05) is 13.1 Å². The van der Waals surface area contributed by atoms with Crippen LogP contribution in [0.1, 0.15) is 57.2 Å². The predicted octanol–water partition coefficient (Wildman–Crippen LogP) is 6.01. The summed E-state index contributed by atoms with van der Waals surface area (Å²) in [7, 11) is 0. The molecular formula is C24H35N3S. The molecule has 28 heavy (non-hydrogen) atoms. The van der Waals surface area contributed by atoms with Gasteiger partial charge in [0.05, 0.1) is 16.1 Å². The average Bonchev–Trinajstić information content (AvgIpc) is 3.29. The molecule has 1 aromatic carbocycles. The van der Waals surface area contributed by atoms with Crippen molar-refractivity contribution in [1.29, 1.82) is 0 Å². The van der Waals surface area contributed by atoms with Crippen LogP contribution in [0.4, 0.5) is 0 Å². The summed E-state index contributed by atoms with van der Waals surface area (Å²) in [4.78, 5) is 8.26. The summed E-state index contributed by atoms with van der Waals surface area (Å²) in [6.07, 6.45) is 6.53. The van der Waals surface area contributed by atoms with E-state index >= 15 is 0 Å². The Morgan fingerprint density at radius 2 is 2.04 bits per heavy atom. The fourth-order valence-electron chi connectivity index (χ4n) is 4.17. The average molecular weight is 398 g/mol. The summed E-state index contributed by atoms with van der Waals surface area (Å²) in [5.74, 6) is 0.761. The Bertz CT molecular complexity index is 749. The first-order valence-corrected chi connectivity index (χ1v) is 11.6. The van der Waals surface area contributed by atoms with E-state index in [9.17, 15) is 0 Å². The standard InChI is InChI=1S/C24H35N3S/c1-5-6-7-8-13-27-16-18(2)14-23(27)19(3)25-15-21-9-11-22(12-10-21)24-20(4)26-17-28-24/h9-12,17-18,23,25H,3,5-8,13-16H2,1-2,4H3. The maximum atomic E-state index is 4.39. The number of likely N-dealkylation sites (tertiary alicyclic amines) is 1. The highest BCUT2D eigenvalue weighted by Crippen LogP contribution is 2.28. The zero-order valence-electron chi connectivity index (χ0n) is 17.7. The van der Waals surface area contributed by atoms with E-state index in [-0.39, 0.29) is 0 Å². The molecule has 0 amide bonds. The number of thiazole rings is 1. The zero-order chi connectivity index (χ0) is 19.9. The summed E-state index contributed by atoms with van der Waals surface area (Å²) < 4.78 is 0. The van der Waals surface area contributed by atoms with Crippen LogP contribution in [0.5, 0.6) is 0 Å². The number of nitrogens with one attached hydrogen (secondary N) is 1. The van der Waals surface area contributed by atoms with Crippen LogP contribution in [-0.2, 0) is 6.54 Å². The van der Waals surface area contributed by atoms with E-state index in [4.69, 9.17) is 0 Å². The van der Waals surface area contributed by atoms with Crippen LogP contribution in [0.3, 0.4) is 0 Å². The van der Waals surface area contributed by atoms with E-state index in [2.05, 4.69) is 66.8 Å². The molecule has 1 aliphatic heterocycles. The monoisotopic (exact) mass is 397 g/mol. The minimum absolute atomic E-state index is 0.482. The third-order valence-electron chi connectivity index (χ3n) is 5.79. The van der Waals surface area contributed by atoms with Crippen molar-refractivity contribution < 1.29 is 0 Å². The highest BCUT2D eigenvalue weighted by Gasteiger charge is 2.30. The normalized spacial score (nSPS) is 19.8. The van der Waals surface area contributed by atoms with Gasteiger partial charge < -0.3 is 5.32 Å². The Balaban J connectivity index is 1.52. The Labute approximate surface area is 174 Å². The summed E-state index contributed by atoms with van der Waals surface area (Å²) in [6.45, 7) is 14.4. The lowest BCUT2D eigenvalue weighted by atomic mass is 10.1. The van der Waals surface area contributed by atoms with Crippen LogP contribution >= 0.6 is 11.3 Å². The molecule has 1 aromatic heterocycles. The van der Waals surface area contributed by atoms with Crippen molar-refractivity contribution in [2.45, 2.75) is 65.5 Å². The van der Waals surface area contributed by atoms with E-state index in [1.165, 1.54) is 66.9 Å². The van der Waals surface area contributed by atoms with Gasteiger partial charge in [-0.2, -0.15) is 0 Å². The first-order valence-electron chi connectivity index (χ1n) is 10.7. The molecule has 2 aromatic rings. The number of hydrogen-bond donors (Lipinski definition) is 1. The van der Waals surface area contributed by atoms with E-state index in [0.29, 0.717) is 6.04 Å². The third-order valence-corrected chi connectivity index (χ3v) is 6.77. The molecule has 0 bridgehead atoms. The molecule has 4 heteroatoms. The number of rotatable bonds is 10. The Hall–Kier alpha value is -1.65. The molecule has 0 saturated carbocycles. The van der Waals surface area contributed by atoms with Crippen molar-refractivity contribution in [3.05, 3.63) is 53.3 Å². The van der Waals surface area contributed by atoms with Crippen LogP contribution in [0.2, 0.25) is 0 Å². The molecule has 1 fully saturated rings. The Morgan fingerprint density at radius 3 is 2.71 bits per heavy atom. The van der Waals surface area contributed by atoms with Crippen LogP contribution in [0.25, 0.3) is 10.4 Å². The predicted molar refractivity (Wildman–Crippen MR) is 122 cm³/mol. The number of unbranched alkanes of at least 4 members (excludes halogenated alkanes) is 3. The van der Waals surface area contributed by atoms with Crippen molar-refractivity contribution in [3.63, 3.8) is 0 Å². The Morgan fingerprint density at radius 1 is 1.25 bits per heavy atom. The molecule has 152 valence electrons. The van der Waals surface area contributed by atoms with E-state index in [1.54, 1.807) is 11.3 Å². The molecule has 3 rings (SSSR count). The number of aryl methyl sites for hydroxylation is 1. The van der Waals surface area contributed by atoms with Gasteiger partial charge in [-0.1, -0.05) is 64.0 Å². The third kappa shape index (κ3) is 5.45. The fourth-order valence-corrected chi connectivity index (χ4v) is 4.98. The van der Waals surface area contributed by atoms with Gasteiger partial charge in [0, 0.05) is 24.8 Å². The molecule has 2 atom stereocenters. The van der Waals surface area contributed by atoms with E-state index < -0.39 is 0 Å². The zero-order valence-corrected chi connectivity index (χ0v) is 18.5. The summed E-state index contributed by atoms with van der Waals surface area (Å²) in [5.41, 5.74) is 6.76. The maximum absolute atomic E-state index is 4.39. The number of benzene rings is 1. The molecule has 0 radical (unpaired) electrons. The minimum atomic E-state index is 0.482. The van der Waals surface area contributed by atoms with Crippen LogP contribution in [0.15, 0.2) is 42.1 Å². The molecule has 1 N–H and O–H groups in total. The van der Waals surface area contributed by atoms with Crippen LogP contribution in [-0.4, -0.2) is 29.0 Å². The molecule has 2 unspecified atom stereocenters. The first-order chi connectivity index (χ1) is 13.6. The second-order valence-corrected chi connectivity index (χ2v) is 9.11. The van der Waals surface area contributed by atoms with Gasteiger partial charge in [0.2, 0.25) is 0 Å². The van der Waals surface area contributed by atoms with Gasteiger partial charge in [-0.15, -0.1) is 11.3 Å². The van der Waals surface area contributed by atoms with Gasteiger partial charge in [0.1, 0.15) is 0 Å². The molecule has 1 aliphatic rings. The number of nitrogens with zero attached hydrogens (tertiary/aromatic N) is 2. The summed E-state index contributed by atoms with van der Waals surface area (Å²) >= 11 is 1.71. The summed E-state index contributed by atoms with van der Waals surface area (Å²) in [6, 6.07) is 9.33. The largest absolute Gasteiger partial charge is 0.383 e. The molecule has 0 spiro atoms. The van der Waals surface area contributed by atoms with Crippen molar-refractivity contribution >= 4 is 11.3 Å². The molecule has 3 nitrogen and oxygen atoms in total. The lowest BCUT2D eigenvalue weighted by Gasteiger charge is -2.27. The summed E-state index contributed by atoms with van der Waals surface area (Å²) in [5, 5.41) is 3.61. The van der Waals surface area contributed by atoms with Gasteiger partial charge in [-0.25, -0.2) is 4.98 Å². The Kier molecular flexibility index (Phi) is 7.69.